The minimum Gasteiger partial charge on any atom is -0.489 e. The summed E-state index contributed by atoms with van der Waals surface area (Å²) >= 11 is 0. The fraction of sp³-hybridized carbons (Fsp3) is 0.625. The summed E-state index contributed by atoms with van der Waals surface area (Å²) in [7, 11) is 0. The van der Waals surface area contributed by atoms with E-state index in [1.165, 1.54) is 202 Å². The van der Waals surface area contributed by atoms with Crippen molar-refractivity contribution in [1.29, 1.82) is 0 Å². The number of amides is 4. The predicted octanol–water partition coefficient (Wildman–Crippen LogP) is 28.5. The van der Waals surface area contributed by atoms with E-state index in [0.29, 0.717) is 119 Å². The van der Waals surface area contributed by atoms with E-state index < -0.39 is 23.6 Å². The van der Waals surface area contributed by atoms with Gasteiger partial charge in [-0.05, 0) is 95.1 Å². The van der Waals surface area contributed by atoms with Gasteiger partial charge in [0.1, 0.15) is 0 Å². The highest BCUT2D eigenvalue weighted by Gasteiger charge is 2.40. The summed E-state index contributed by atoms with van der Waals surface area (Å²) in [6.07, 6.45) is 56.0. The van der Waals surface area contributed by atoms with E-state index in [9.17, 15) is 0 Å². The van der Waals surface area contributed by atoms with E-state index in [4.69, 9.17) is 28.4 Å². The first-order valence-corrected chi connectivity index (χ1v) is 44.3. The lowest BCUT2D eigenvalue weighted by atomic mass is 9.82. The number of carbonyl (C=O) groups is 4. The van der Waals surface area contributed by atoms with E-state index in [-0.39, 0.29) is 0 Å². The quantitative estimate of drug-likeness (QED) is 0.0157. The number of fused-ring (bicyclic) bond motifs is 2. The maximum absolute atomic E-state index is 15.6. The molecule has 12 heteroatoms. The lowest BCUT2D eigenvalue weighted by molar-refractivity contribution is 0.0877. The Kier molecular flexibility index (Phi) is 37.6. The summed E-state index contributed by atoms with van der Waals surface area (Å²) in [6.45, 7) is 16.4. The van der Waals surface area contributed by atoms with E-state index in [2.05, 4.69) is 41.5 Å². The Morgan fingerprint density at radius 3 is 0.583 bits per heavy atom. The van der Waals surface area contributed by atoms with Crippen LogP contribution in [0.15, 0.2) is 72.8 Å². The highest BCUT2D eigenvalue weighted by atomic mass is 16.5. The molecule has 0 aromatic heterocycles. The Bertz CT molecular complexity index is 3400. The molecule has 2 aliphatic rings. The number of hydrogen-bond donors (Lipinski definition) is 0. The highest BCUT2D eigenvalue weighted by Crippen LogP contribution is 2.50. The summed E-state index contributed by atoms with van der Waals surface area (Å²) in [5.41, 5.74) is 2.37. The average molecular weight is 1480 g/mol. The topological polar surface area (TPSA) is 130 Å². The zero-order valence-corrected chi connectivity index (χ0v) is 68.1. The molecule has 4 amide bonds. The van der Waals surface area contributed by atoms with Crippen LogP contribution in [0.4, 0.5) is 11.4 Å². The minimum absolute atomic E-state index is 0.372. The standard InChI is InChI=1S/C96H138N2O10/c1-7-13-19-25-31-37-43-49-63-103-83-69-73(70-84(104-64-50-44-38-32-26-20-14-8-2)91(83)107-67-53-47-41-35-29-23-17-11-5)97-93(99)79-59-55-75-77-57-61-81-90-82(62-58-78(88(77)90)76-56-60-80(94(97)100)89(79)87(75)76)96(102)98(95(81)101)74-71-85(105-65-51-45-39-33-27-21-15-9-3)92(108-68-54-48-42-36-30-24-18-12-6)86(72-74)106-66-52-46-40-34-28-22-16-10-4/h55-62,69-72H,7-54,63-68H2,1-6H3. The number of hydrogen-bond acceptors (Lipinski definition) is 10. The molecule has 0 spiro atoms. The number of benzene rings is 7. The van der Waals surface area contributed by atoms with Crippen LogP contribution in [0.3, 0.4) is 0 Å². The SMILES string of the molecule is CCCCCCCCCCOc1cc(N2C(=O)c3ccc4c5ccc6c7c(ccc(c8ccc(c3c48)C2=O)c75)C(=O)N(c2cc(OCCCCCCCCCC)c(OCCCCCCCCCC)c(OCCCCCCCCCC)c2)C6=O)cc(OCCCCCCCCCC)c1OCCCCCCCCCC. The molecule has 7 aromatic rings. The zero-order chi connectivity index (χ0) is 75.9. The van der Waals surface area contributed by atoms with Crippen molar-refractivity contribution in [3.63, 3.8) is 0 Å². The van der Waals surface area contributed by atoms with Crippen LogP contribution >= 0.6 is 0 Å². The molecule has 0 atom stereocenters. The van der Waals surface area contributed by atoms with Crippen LogP contribution in [-0.2, 0) is 0 Å². The first kappa shape index (κ1) is 84.9. The molecule has 0 bridgehead atoms. The van der Waals surface area contributed by atoms with Gasteiger partial charge in [0.25, 0.3) is 23.6 Å². The van der Waals surface area contributed by atoms with Crippen LogP contribution in [0.25, 0.3) is 43.1 Å². The van der Waals surface area contributed by atoms with E-state index in [1.807, 2.05) is 72.8 Å². The van der Waals surface area contributed by atoms with Crippen molar-refractivity contribution < 1.29 is 47.6 Å². The minimum atomic E-state index is -0.439. The van der Waals surface area contributed by atoms with Crippen molar-refractivity contribution in [1.82, 2.24) is 0 Å². The normalized spacial score (nSPS) is 12.9. The number of nitrogens with zero attached hydrogens (tertiary/aromatic N) is 2. The third kappa shape index (κ3) is 24.0. The van der Waals surface area contributed by atoms with Crippen molar-refractivity contribution in [2.24, 2.45) is 0 Å². The molecule has 2 heterocycles. The summed E-state index contributed by atoms with van der Waals surface area (Å²) in [4.78, 5) is 64.9. The fourth-order valence-corrected chi connectivity index (χ4v) is 16.3. The second-order valence-corrected chi connectivity index (χ2v) is 31.5. The molecular formula is C96H138N2O10. The van der Waals surface area contributed by atoms with Gasteiger partial charge in [-0.2, -0.15) is 0 Å². The lowest BCUT2D eigenvalue weighted by Crippen LogP contribution is -2.40. The Morgan fingerprint density at radius 1 is 0.213 bits per heavy atom. The largest absolute Gasteiger partial charge is 0.489 e. The van der Waals surface area contributed by atoms with Gasteiger partial charge in [0.05, 0.1) is 51.0 Å². The number of unbranched alkanes of at least 4 members (excludes halogenated alkanes) is 42. The molecule has 0 aliphatic carbocycles. The van der Waals surface area contributed by atoms with Crippen molar-refractivity contribution in [2.45, 2.75) is 350 Å². The van der Waals surface area contributed by atoms with Gasteiger partial charge in [0.2, 0.25) is 11.5 Å². The second-order valence-electron chi connectivity index (χ2n) is 31.5. The fourth-order valence-electron chi connectivity index (χ4n) is 16.3. The predicted molar refractivity (Wildman–Crippen MR) is 451 cm³/mol. The van der Waals surface area contributed by atoms with Gasteiger partial charge in [-0.1, -0.05) is 335 Å². The molecule has 0 radical (unpaired) electrons. The molecule has 0 saturated heterocycles. The first-order chi connectivity index (χ1) is 53.2. The Hall–Kier alpha value is -7.08. The molecule has 0 unspecified atom stereocenters. The third-order valence-electron chi connectivity index (χ3n) is 22.7. The van der Waals surface area contributed by atoms with E-state index >= 15 is 19.2 Å². The van der Waals surface area contributed by atoms with Gasteiger partial charge in [-0.15, -0.1) is 0 Å². The number of rotatable bonds is 62. The third-order valence-corrected chi connectivity index (χ3v) is 22.7. The summed E-state index contributed by atoms with van der Waals surface area (Å²) in [5.74, 6) is 1.22. The summed E-state index contributed by atoms with van der Waals surface area (Å²) < 4.78 is 40.5. The number of carbonyl (C=O) groups excluding carboxylic acids is 4. The average Bonchev–Trinajstić information content (AvgIpc) is 0.689. The first-order valence-electron chi connectivity index (χ1n) is 44.3. The van der Waals surface area contributed by atoms with Crippen LogP contribution in [0.5, 0.6) is 34.5 Å². The molecule has 12 nitrogen and oxygen atoms in total. The van der Waals surface area contributed by atoms with E-state index in [0.717, 1.165) is 148 Å². The molecule has 0 N–H and O–H groups in total. The van der Waals surface area contributed by atoms with Crippen LogP contribution in [-0.4, -0.2) is 63.3 Å². The van der Waals surface area contributed by atoms with Crippen LogP contribution in [0.2, 0.25) is 0 Å². The summed E-state index contributed by atoms with van der Waals surface area (Å²) in [5, 5.41) is 6.03. The maximum atomic E-state index is 15.6. The highest BCUT2D eigenvalue weighted by molar-refractivity contribution is 6.45. The summed E-state index contributed by atoms with van der Waals surface area (Å²) in [6, 6.07) is 22.6. The van der Waals surface area contributed by atoms with Crippen molar-refractivity contribution in [2.75, 3.05) is 49.4 Å². The second kappa shape index (κ2) is 47.9. The molecule has 9 rings (SSSR count). The molecule has 592 valence electrons. The lowest BCUT2D eigenvalue weighted by Gasteiger charge is -2.31. The van der Waals surface area contributed by atoms with Crippen LogP contribution in [0.1, 0.15) is 391 Å². The Labute approximate surface area is 650 Å². The van der Waals surface area contributed by atoms with Gasteiger partial charge in [0, 0.05) is 57.3 Å². The van der Waals surface area contributed by atoms with Crippen molar-refractivity contribution >= 4 is 78.1 Å². The molecule has 0 fully saturated rings. The van der Waals surface area contributed by atoms with Gasteiger partial charge < -0.3 is 28.4 Å². The molecule has 108 heavy (non-hydrogen) atoms. The van der Waals surface area contributed by atoms with E-state index in [1.54, 1.807) is 0 Å². The monoisotopic (exact) mass is 1480 g/mol. The molecule has 7 aromatic carbocycles. The Morgan fingerprint density at radius 2 is 0.389 bits per heavy atom. The number of imide groups is 2. The van der Waals surface area contributed by atoms with Gasteiger partial charge in [0.15, 0.2) is 23.0 Å². The van der Waals surface area contributed by atoms with Crippen LogP contribution in [0, 0.1) is 0 Å². The molecule has 2 aliphatic heterocycles. The zero-order valence-electron chi connectivity index (χ0n) is 68.1. The smallest absolute Gasteiger partial charge is 0.265 e. The number of ether oxygens (including phenoxy) is 6. The van der Waals surface area contributed by atoms with Crippen molar-refractivity contribution in [3.8, 4) is 34.5 Å². The number of anilines is 2. The van der Waals surface area contributed by atoms with Gasteiger partial charge >= 0.3 is 0 Å². The molecular weight excluding hydrogens is 1340 g/mol. The maximum Gasteiger partial charge on any atom is 0.265 e. The Balaban J connectivity index is 1.03. The van der Waals surface area contributed by atoms with Gasteiger partial charge in [-0.25, -0.2) is 9.80 Å². The van der Waals surface area contributed by atoms with Crippen molar-refractivity contribution in [3.05, 3.63) is 95.1 Å². The van der Waals surface area contributed by atoms with Gasteiger partial charge in [-0.3, -0.25) is 19.2 Å². The van der Waals surface area contributed by atoms with Crippen LogP contribution < -0.4 is 38.2 Å². The molecule has 0 saturated carbocycles.